The Hall–Kier alpha value is -3.60. The molecule has 0 spiro atoms. The van der Waals surface area contributed by atoms with Crippen LogP contribution < -0.4 is 5.32 Å². The molecular formula is C35H36Cl2N2O2. The zero-order valence-corrected chi connectivity index (χ0v) is 25.0. The Balaban J connectivity index is 1.77. The molecule has 212 valence electrons. The molecule has 4 aromatic carbocycles. The first-order valence-corrected chi connectivity index (χ1v) is 14.8. The zero-order valence-electron chi connectivity index (χ0n) is 23.5. The standard InChI is InChI=1S/C35H36Cl2N2O2/c1-3-25(2)38-35(41)33(22-26-14-7-4-8-15-26)39(24-30-31(36)20-13-21-32(30)37)34(40)23-29(27-16-9-5-10-17-27)28-18-11-6-12-19-28/h4-21,25,29,33H,3,22-24H2,1-2H3,(H,38,41)/t25-,33-/m0/s1. The number of nitrogens with zero attached hydrogens (tertiary/aromatic N) is 1. The maximum absolute atomic E-state index is 14.5. The fourth-order valence-electron chi connectivity index (χ4n) is 4.94. The number of halogens is 2. The lowest BCUT2D eigenvalue weighted by Crippen LogP contribution is -2.52. The van der Waals surface area contributed by atoms with Crippen LogP contribution in [0.4, 0.5) is 0 Å². The van der Waals surface area contributed by atoms with E-state index in [0.29, 0.717) is 22.0 Å². The summed E-state index contributed by atoms with van der Waals surface area (Å²) in [7, 11) is 0. The third-order valence-corrected chi connectivity index (χ3v) is 8.15. The summed E-state index contributed by atoms with van der Waals surface area (Å²) in [6, 6.07) is 34.3. The van der Waals surface area contributed by atoms with Crippen molar-refractivity contribution >= 4 is 35.0 Å². The molecule has 2 atom stereocenters. The van der Waals surface area contributed by atoms with Gasteiger partial charge in [0.1, 0.15) is 6.04 Å². The number of benzene rings is 4. The minimum atomic E-state index is -0.765. The van der Waals surface area contributed by atoms with Crippen LogP contribution in [0, 0.1) is 0 Å². The molecule has 4 nitrogen and oxygen atoms in total. The summed E-state index contributed by atoms with van der Waals surface area (Å²) in [5, 5.41) is 4.03. The van der Waals surface area contributed by atoms with Gasteiger partial charge in [-0.2, -0.15) is 0 Å². The van der Waals surface area contributed by atoms with Gasteiger partial charge in [-0.05, 0) is 42.2 Å². The van der Waals surface area contributed by atoms with Gasteiger partial charge in [0.05, 0.1) is 0 Å². The van der Waals surface area contributed by atoms with Crippen molar-refractivity contribution in [2.24, 2.45) is 0 Å². The summed E-state index contributed by atoms with van der Waals surface area (Å²) < 4.78 is 0. The topological polar surface area (TPSA) is 49.4 Å². The maximum Gasteiger partial charge on any atom is 0.243 e. The normalized spacial score (nSPS) is 12.5. The number of hydrogen-bond donors (Lipinski definition) is 1. The number of carbonyl (C=O) groups excluding carboxylic acids is 2. The summed E-state index contributed by atoms with van der Waals surface area (Å²) in [6.45, 7) is 4.10. The summed E-state index contributed by atoms with van der Waals surface area (Å²) in [5.41, 5.74) is 3.65. The van der Waals surface area contributed by atoms with Crippen LogP contribution in [0.15, 0.2) is 109 Å². The van der Waals surface area contributed by atoms with E-state index in [1.807, 2.05) is 105 Å². The Morgan fingerprint density at radius 2 is 1.27 bits per heavy atom. The summed E-state index contributed by atoms with van der Waals surface area (Å²) in [6.07, 6.45) is 1.31. The van der Waals surface area contributed by atoms with Crippen LogP contribution in [0.25, 0.3) is 0 Å². The highest BCUT2D eigenvalue weighted by molar-refractivity contribution is 6.36. The highest BCUT2D eigenvalue weighted by Gasteiger charge is 2.33. The second kappa shape index (κ2) is 14.9. The fraction of sp³-hybridized carbons (Fsp3) is 0.257. The molecule has 0 aliphatic rings. The minimum Gasteiger partial charge on any atom is -0.352 e. The van der Waals surface area contributed by atoms with Gasteiger partial charge in [-0.1, -0.05) is 127 Å². The predicted molar refractivity (Wildman–Crippen MR) is 168 cm³/mol. The van der Waals surface area contributed by atoms with Gasteiger partial charge >= 0.3 is 0 Å². The van der Waals surface area contributed by atoms with Crippen molar-refractivity contribution in [3.05, 3.63) is 141 Å². The van der Waals surface area contributed by atoms with Gasteiger partial charge < -0.3 is 10.2 Å². The molecule has 0 saturated carbocycles. The summed E-state index contributed by atoms with van der Waals surface area (Å²) in [5.74, 6) is -0.543. The Morgan fingerprint density at radius 3 is 1.78 bits per heavy atom. The molecule has 41 heavy (non-hydrogen) atoms. The van der Waals surface area contributed by atoms with Gasteiger partial charge in [0.25, 0.3) is 0 Å². The fourth-order valence-corrected chi connectivity index (χ4v) is 5.46. The maximum atomic E-state index is 14.5. The van der Waals surface area contributed by atoms with E-state index in [-0.39, 0.29) is 36.7 Å². The number of rotatable bonds is 12. The van der Waals surface area contributed by atoms with Crippen molar-refractivity contribution in [1.29, 1.82) is 0 Å². The Labute approximate surface area is 253 Å². The Morgan fingerprint density at radius 1 is 0.756 bits per heavy atom. The largest absolute Gasteiger partial charge is 0.352 e. The first-order valence-electron chi connectivity index (χ1n) is 14.0. The molecule has 0 heterocycles. The lowest BCUT2D eigenvalue weighted by Gasteiger charge is -2.34. The van der Waals surface area contributed by atoms with E-state index in [1.165, 1.54) is 0 Å². The Bertz CT molecular complexity index is 1350. The van der Waals surface area contributed by atoms with Crippen LogP contribution in [0.1, 0.15) is 54.9 Å². The third kappa shape index (κ3) is 8.22. The molecule has 1 N–H and O–H groups in total. The molecule has 2 amide bonds. The molecule has 0 unspecified atom stereocenters. The second-order valence-electron chi connectivity index (χ2n) is 10.3. The van der Waals surface area contributed by atoms with Gasteiger partial charge in [0, 0.05) is 47.0 Å². The molecule has 0 radical (unpaired) electrons. The van der Waals surface area contributed by atoms with Crippen LogP contribution in [-0.4, -0.2) is 28.8 Å². The summed E-state index contributed by atoms with van der Waals surface area (Å²) >= 11 is 13.2. The molecule has 0 fully saturated rings. The van der Waals surface area contributed by atoms with E-state index in [0.717, 1.165) is 23.1 Å². The van der Waals surface area contributed by atoms with Crippen LogP contribution in [0.2, 0.25) is 10.0 Å². The zero-order chi connectivity index (χ0) is 29.2. The first kappa shape index (κ1) is 30.4. The quantitative estimate of drug-likeness (QED) is 0.182. The van der Waals surface area contributed by atoms with Crippen molar-refractivity contribution < 1.29 is 9.59 Å². The lowest BCUT2D eigenvalue weighted by atomic mass is 9.87. The van der Waals surface area contributed by atoms with Crippen molar-refractivity contribution in [3.8, 4) is 0 Å². The molecular weight excluding hydrogens is 551 g/mol. The highest BCUT2D eigenvalue weighted by Crippen LogP contribution is 2.32. The third-order valence-electron chi connectivity index (χ3n) is 7.44. The van der Waals surface area contributed by atoms with Crippen LogP contribution in [0.3, 0.4) is 0 Å². The van der Waals surface area contributed by atoms with E-state index in [1.54, 1.807) is 23.1 Å². The SMILES string of the molecule is CC[C@H](C)NC(=O)[C@H](Cc1ccccc1)N(Cc1c(Cl)cccc1Cl)C(=O)CC(c1ccccc1)c1ccccc1. The number of amides is 2. The number of hydrogen-bond acceptors (Lipinski definition) is 2. The van der Waals surface area contributed by atoms with Crippen LogP contribution in [0.5, 0.6) is 0 Å². The number of carbonyl (C=O) groups is 2. The Kier molecular flexibility index (Phi) is 11.0. The molecule has 0 aromatic heterocycles. The highest BCUT2D eigenvalue weighted by atomic mass is 35.5. The van der Waals surface area contributed by atoms with E-state index in [9.17, 15) is 9.59 Å². The number of nitrogens with one attached hydrogen (secondary N) is 1. The van der Waals surface area contributed by atoms with Crippen LogP contribution in [-0.2, 0) is 22.6 Å². The van der Waals surface area contributed by atoms with E-state index < -0.39 is 6.04 Å². The smallest absolute Gasteiger partial charge is 0.243 e. The van der Waals surface area contributed by atoms with Crippen LogP contribution >= 0.6 is 23.2 Å². The first-order chi connectivity index (χ1) is 19.9. The second-order valence-corrected chi connectivity index (χ2v) is 11.1. The van der Waals surface area contributed by atoms with Crippen molar-refractivity contribution in [1.82, 2.24) is 10.2 Å². The molecule has 4 rings (SSSR count). The van der Waals surface area contributed by atoms with Gasteiger partial charge in [-0.25, -0.2) is 0 Å². The van der Waals surface area contributed by atoms with E-state index >= 15 is 0 Å². The van der Waals surface area contributed by atoms with Gasteiger partial charge in [-0.15, -0.1) is 0 Å². The molecule has 0 bridgehead atoms. The minimum absolute atomic E-state index is 0.0389. The average molecular weight is 588 g/mol. The van der Waals surface area contributed by atoms with Gasteiger partial charge in [0.15, 0.2) is 0 Å². The molecule has 0 aliphatic carbocycles. The van der Waals surface area contributed by atoms with Crippen molar-refractivity contribution in [2.75, 3.05) is 0 Å². The van der Waals surface area contributed by atoms with E-state index in [4.69, 9.17) is 23.2 Å². The molecule has 4 aromatic rings. The molecule has 6 heteroatoms. The van der Waals surface area contributed by atoms with Crippen molar-refractivity contribution in [2.45, 2.75) is 57.7 Å². The monoisotopic (exact) mass is 586 g/mol. The molecule has 0 saturated heterocycles. The van der Waals surface area contributed by atoms with Gasteiger partial charge in [0.2, 0.25) is 11.8 Å². The van der Waals surface area contributed by atoms with E-state index in [2.05, 4.69) is 5.32 Å². The van der Waals surface area contributed by atoms with Crippen molar-refractivity contribution in [3.63, 3.8) is 0 Å². The predicted octanol–water partition coefficient (Wildman–Crippen LogP) is 8.07. The van der Waals surface area contributed by atoms with Gasteiger partial charge in [-0.3, -0.25) is 9.59 Å². The average Bonchev–Trinajstić information content (AvgIpc) is 3.00. The lowest BCUT2D eigenvalue weighted by molar-refractivity contribution is -0.141. The molecule has 0 aliphatic heterocycles. The summed E-state index contributed by atoms with van der Waals surface area (Å²) in [4.78, 5) is 30.0.